The van der Waals surface area contributed by atoms with Crippen LogP contribution in [0.2, 0.25) is 0 Å². The highest BCUT2D eigenvalue weighted by Crippen LogP contribution is 2.55. The van der Waals surface area contributed by atoms with Crippen LogP contribution in [0.1, 0.15) is 0 Å². The molecule has 12 heteroatoms. The van der Waals surface area contributed by atoms with Crippen molar-refractivity contribution < 1.29 is 0 Å². The molecule has 0 N–H and O–H groups in total. The van der Waals surface area contributed by atoms with Gasteiger partial charge in [0.1, 0.15) is 0 Å². The molecular formula is C62H38N10S2. The van der Waals surface area contributed by atoms with Crippen molar-refractivity contribution in [2.24, 2.45) is 0 Å². The van der Waals surface area contributed by atoms with Gasteiger partial charge in [-0.15, -0.1) is 0 Å². The first-order chi connectivity index (χ1) is 36.7. The Morgan fingerprint density at radius 2 is 0.689 bits per heavy atom. The second kappa shape index (κ2) is 18.4. The van der Waals surface area contributed by atoms with Gasteiger partial charge in [-0.2, -0.15) is 0 Å². The Balaban J connectivity index is 1.14. The first-order valence-corrected chi connectivity index (χ1v) is 25.7. The van der Waals surface area contributed by atoms with Crippen LogP contribution >= 0.6 is 23.5 Å². The van der Waals surface area contributed by atoms with E-state index in [9.17, 15) is 0 Å². The molecule has 0 aliphatic carbocycles. The van der Waals surface area contributed by atoms with Gasteiger partial charge in [0.15, 0.2) is 11.6 Å². The maximum Gasteiger partial charge on any atom is 0.161 e. The number of fused-ring (bicyclic) bond motifs is 5. The third-order valence-corrected chi connectivity index (χ3v) is 15.4. The lowest BCUT2D eigenvalue weighted by molar-refractivity contribution is 1.14. The molecule has 0 saturated heterocycles. The van der Waals surface area contributed by atoms with E-state index in [-0.39, 0.29) is 0 Å². The van der Waals surface area contributed by atoms with Gasteiger partial charge in [0.25, 0.3) is 0 Å². The molecule has 0 unspecified atom stereocenters. The zero-order valence-electron chi connectivity index (χ0n) is 39.2. The van der Waals surface area contributed by atoms with Gasteiger partial charge in [-0.3, -0.25) is 19.9 Å². The first-order valence-electron chi connectivity index (χ1n) is 24.0. The van der Waals surface area contributed by atoms with Gasteiger partial charge in [0.05, 0.1) is 56.9 Å². The fourth-order valence-electron chi connectivity index (χ4n) is 9.78. The van der Waals surface area contributed by atoms with Crippen molar-refractivity contribution in [3.05, 3.63) is 231 Å². The molecule has 6 aromatic carbocycles. The summed E-state index contributed by atoms with van der Waals surface area (Å²) in [7, 11) is 0. The van der Waals surface area contributed by atoms with E-state index < -0.39 is 0 Å². The van der Waals surface area contributed by atoms with Crippen molar-refractivity contribution in [1.29, 1.82) is 0 Å². The lowest BCUT2D eigenvalue weighted by Crippen LogP contribution is -2.16. The standard InChI is InChI=1S/C62H38N10S2/c1-5-23-57-53(19-1)71(54-20-2-6-24-58(54)73-57)41-31-43-44(45(33-41)61-67-49(39-15-13-27-63-37-39)35-51(69-61)47-17-9-11-29-65-47)32-42(72-55-21-3-7-25-59(55)74-60-26-8-4-22-56(60)72)34-46(43)62-68-50(40-16-14-28-64-38-40)36-52(70-62)48-18-10-12-30-66-48/h1-38H. The van der Waals surface area contributed by atoms with E-state index in [0.717, 1.165) is 98.1 Å². The lowest BCUT2D eigenvalue weighted by Gasteiger charge is -2.34. The number of rotatable bonds is 8. The molecule has 0 spiro atoms. The van der Waals surface area contributed by atoms with Gasteiger partial charge in [0, 0.05) is 90.4 Å². The summed E-state index contributed by atoms with van der Waals surface area (Å²) in [6.07, 6.45) is 10.8. The van der Waals surface area contributed by atoms with Crippen molar-refractivity contribution >= 4 is 68.4 Å². The Hall–Kier alpha value is -9.36. The third kappa shape index (κ3) is 7.80. The van der Waals surface area contributed by atoms with Gasteiger partial charge in [-0.05, 0) is 144 Å². The predicted molar refractivity (Wildman–Crippen MR) is 297 cm³/mol. The number of aromatic nitrogens is 8. The Labute approximate surface area is 434 Å². The van der Waals surface area contributed by atoms with E-state index in [2.05, 4.69) is 141 Å². The quantitative estimate of drug-likeness (QED) is 0.145. The second-order valence-electron chi connectivity index (χ2n) is 17.7. The Morgan fingerprint density at radius 3 is 1.05 bits per heavy atom. The minimum Gasteiger partial charge on any atom is -0.308 e. The Kier molecular flexibility index (Phi) is 10.8. The molecule has 348 valence electrons. The molecule has 0 atom stereocenters. The lowest BCUT2D eigenvalue weighted by atomic mass is 9.95. The maximum atomic E-state index is 5.48. The predicted octanol–water partition coefficient (Wildman–Crippen LogP) is 15.9. The Bertz CT molecular complexity index is 3640. The number of benzene rings is 6. The van der Waals surface area contributed by atoms with Gasteiger partial charge in [-0.1, -0.05) is 84.2 Å². The summed E-state index contributed by atoms with van der Waals surface area (Å²) in [5, 5.41) is 1.79. The summed E-state index contributed by atoms with van der Waals surface area (Å²) in [6, 6.07) is 67.0. The molecule has 0 amide bonds. The molecular weight excluding hydrogens is 949 g/mol. The van der Waals surface area contributed by atoms with Gasteiger partial charge >= 0.3 is 0 Å². The summed E-state index contributed by atoms with van der Waals surface area (Å²) in [5.41, 5.74) is 13.6. The van der Waals surface area contributed by atoms with Crippen molar-refractivity contribution in [3.8, 4) is 68.1 Å². The zero-order valence-corrected chi connectivity index (χ0v) is 40.9. The van der Waals surface area contributed by atoms with E-state index in [1.165, 1.54) is 0 Å². The van der Waals surface area contributed by atoms with E-state index in [1.807, 2.05) is 85.2 Å². The van der Waals surface area contributed by atoms with E-state index in [4.69, 9.17) is 29.9 Å². The monoisotopic (exact) mass is 986 g/mol. The summed E-state index contributed by atoms with van der Waals surface area (Å²) in [4.78, 5) is 49.8. The minimum absolute atomic E-state index is 0.518. The molecule has 2 aliphatic heterocycles. The number of hydrogen-bond donors (Lipinski definition) is 0. The maximum absolute atomic E-state index is 5.48. The molecule has 2 aliphatic rings. The van der Waals surface area contributed by atoms with Gasteiger partial charge < -0.3 is 9.80 Å². The van der Waals surface area contributed by atoms with Crippen LogP contribution in [0.25, 0.3) is 78.8 Å². The highest BCUT2D eigenvalue weighted by molar-refractivity contribution is 8.00. The van der Waals surface area contributed by atoms with Gasteiger partial charge in [0.2, 0.25) is 0 Å². The van der Waals surface area contributed by atoms with Crippen LogP contribution in [-0.2, 0) is 0 Å². The molecule has 0 radical (unpaired) electrons. The summed E-state index contributed by atoms with van der Waals surface area (Å²) in [5.74, 6) is 1.04. The molecule has 0 bridgehead atoms. The summed E-state index contributed by atoms with van der Waals surface area (Å²) in [6.45, 7) is 0. The molecule has 8 heterocycles. The van der Waals surface area contributed by atoms with Crippen LogP contribution in [0, 0.1) is 0 Å². The minimum atomic E-state index is 0.518. The van der Waals surface area contributed by atoms with Crippen molar-refractivity contribution in [2.45, 2.75) is 19.6 Å². The highest BCUT2D eigenvalue weighted by Gasteiger charge is 2.30. The number of pyridine rings is 4. The van der Waals surface area contributed by atoms with Crippen LogP contribution in [0.15, 0.2) is 251 Å². The van der Waals surface area contributed by atoms with E-state index in [0.29, 0.717) is 34.4 Å². The smallest absolute Gasteiger partial charge is 0.161 e. The van der Waals surface area contributed by atoms with Crippen LogP contribution in [0.4, 0.5) is 34.1 Å². The van der Waals surface area contributed by atoms with Crippen LogP contribution in [0.3, 0.4) is 0 Å². The molecule has 12 aromatic rings. The molecule has 10 nitrogen and oxygen atoms in total. The van der Waals surface area contributed by atoms with Crippen LogP contribution in [0.5, 0.6) is 0 Å². The van der Waals surface area contributed by atoms with Crippen molar-refractivity contribution in [3.63, 3.8) is 0 Å². The third-order valence-electron chi connectivity index (χ3n) is 13.1. The Morgan fingerprint density at radius 1 is 0.311 bits per heavy atom. The summed E-state index contributed by atoms with van der Waals surface area (Å²) >= 11 is 3.54. The second-order valence-corrected chi connectivity index (χ2v) is 19.8. The van der Waals surface area contributed by atoms with E-state index >= 15 is 0 Å². The SMILES string of the molecule is c1ccc(-c2cc(-c3cccnc3)nc(-c3cc(N4c5ccccc5Sc5ccccc54)cc4c(-c5nc(-c6cccnc6)cc(-c6ccccn6)n5)cc(N5c6ccccc6Sc6ccccc65)cc34)n2)nc1. The molecule has 0 saturated carbocycles. The topological polar surface area (TPSA) is 110 Å². The average Bonchev–Trinajstić information content (AvgIpc) is 3.48. The first kappa shape index (κ1) is 43.4. The number of anilines is 6. The van der Waals surface area contributed by atoms with E-state index in [1.54, 1.807) is 48.3 Å². The normalized spacial score (nSPS) is 12.4. The molecule has 0 fully saturated rings. The fraction of sp³-hybridized carbons (Fsp3) is 0. The molecule has 74 heavy (non-hydrogen) atoms. The van der Waals surface area contributed by atoms with Crippen LogP contribution in [-0.4, -0.2) is 39.9 Å². The van der Waals surface area contributed by atoms with Gasteiger partial charge in [-0.25, -0.2) is 19.9 Å². The number of para-hydroxylation sites is 4. The van der Waals surface area contributed by atoms with Crippen molar-refractivity contribution in [2.75, 3.05) is 9.80 Å². The molecule has 14 rings (SSSR count). The zero-order chi connectivity index (χ0) is 49.0. The fourth-order valence-corrected chi connectivity index (χ4v) is 11.9. The number of nitrogens with zero attached hydrogens (tertiary/aromatic N) is 10. The largest absolute Gasteiger partial charge is 0.308 e. The van der Waals surface area contributed by atoms with Crippen LogP contribution < -0.4 is 9.80 Å². The highest BCUT2D eigenvalue weighted by atomic mass is 32.2. The number of hydrogen-bond acceptors (Lipinski definition) is 12. The van der Waals surface area contributed by atoms with Crippen molar-refractivity contribution in [1.82, 2.24) is 39.9 Å². The summed E-state index contributed by atoms with van der Waals surface area (Å²) < 4.78 is 0. The molecule has 6 aromatic heterocycles. The average molecular weight is 987 g/mol.